The summed E-state index contributed by atoms with van der Waals surface area (Å²) in [5, 5.41) is 0.905. The van der Waals surface area contributed by atoms with Crippen LogP contribution in [0.5, 0.6) is 0 Å². The quantitative estimate of drug-likeness (QED) is 0.331. The van der Waals surface area contributed by atoms with Crippen molar-refractivity contribution in [3.63, 3.8) is 0 Å². The first-order valence-electron chi connectivity index (χ1n) is 9.71. The number of thioether (sulfide) groups is 8. The number of hydrogen-bond acceptors (Lipinski definition) is 12. The van der Waals surface area contributed by atoms with Crippen LogP contribution in [0.15, 0.2) is 25.4 Å². The standard InChI is InChI=1S/C19H20O4S8/c1-9(20)22-7-19(8-23-10(2)21)5-11-12(6-19)27-16-15(26-11)30-18(31-16)17-28-13-14(29-17)25-4-3-24-13/h11-12H,3-8H2,1-2H3/t11-,12+. The Balaban J connectivity index is 1.25. The van der Waals surface area contributed by atoms with Crippen molar-refractivity contribution < 1.29 is 19.1 Å². The van der Waals surface area contributed by atoms with Gasteiger partial charge in [-0.3, -0.25) is 9.59 Å². The van der Waals surface area contributed by atoms with E-state index in [1.807, 2.05) is 94.1 Å². The fraction of sp³-hybridized carbons (Fsp3) is 0.579. The SMILES string of the molecule is CC(=O)OCC1(COC(C)=O)C[C@@H]2SC3=C(SC(=C4SC5=C(SCCS5)S4)S3)S[C@@H]2C1. The molecule has 0 amide bonds. The van der Waals surface area contributed by atoms with Gasteiger partial charge in [0.1, 0.15) is 13.2 Å². The molecule has 4 nitrogen and oxygen atoms in total. The van der Waals surface area contributed by atoms with Crippen LogP contribution in [0.3, 0.4) is 0 Å². The van der Waals surface area contributed by atoms with E-state index in [-0.39, 0.29) is 17.4 Å². The molecular formula is C19H20O4S8. The monoisotopic (exact) mass is 568 g/mol. The maximum atomic E-state index is 11.4. The van der Waals surface area contributed by atoms with E-state index >= 15 is 0 Å². The molecule has 0 aromatic rings. The summed E-state index contributed by atoms with van der Waals surface area (Å²) in [6.07, 6.45) is 1.80. The molecule has 12 heteroatoms. The van der Waals surface area contributed by atoms with Crippen LogP contribution in [0, 0.1) is 5.41 Å². The highest BCUT2D eigenvalue weighted by Crippen LogP contribution is 2.70. The predicted octanol–water partition coefficient (Wildman–Crippen LogP) is 6.93. The van der Waals surface area contributed by atoms with Gasteiger partial charge in [0.15, 0.2) is 0 Å². The molecule has 168 valence electrons. The van der Waals surface area contributed by atoms with Gasteiger partial charge in [-0.25, -0.2) is 0 Å². The summed E-state index contributed by atoms with van der Waals surface area (Å²) < 4.78 is 19.5. The van der Waals surface area contributed by atoms with Gasteiger partial charge in [0.25, 0.3) is 0 Å². The third kappa shape index (κ3) is 5.31. The van der Waals surface area contributed by atoms with Gasteiger partial charge >= 0.3 is 11.9 Å². The first-order chi connectivity index (χ1) is 14.9. The molecule has 1 fully saturated rings. The van der Waals surface area contributed by atoms with Crippen molar-refractivity contribution in [3.8, 4) is 0 Å². The van der Waals surface area contributed by atoms with Crippen molar-refractivity contribution in [2.45, 2.75) is 37.2 Å². The van der Waals surface area contributed by atoms with Gasteiger partial charge in [-0.05, 0) is 12.8 Å². The zero-order chi connectivity index (χ0) is 21.6. The lowest BCUT2D eigenvalue weighted by molar-refractivity contribution is -0.151. The molecule has 31 heavy (non-hydrogen) atoms. The minimum atomic E-state index is -0.280. The van der Waals surface area contributed by atoms with Crippen LogP contribution >= 0.6 is 94.1 Å². The van der Waals surface area contributed by atoms with Crippen LogP contribution in [-0.2, 0) is 19.1 Å². The molecule has 0 spiro atoms. The van der Waals surface area contributed by atoms with Gasteiger partial charge in [0, 0.05) is 41.3 Å². The van der Waals surface area contributed by atoms with Crippen LogP contribution in [0.25, 0.3) is 0 Å². The molecular weight excluding hydrogens is 549 g/mol. The molecule has 1 saturated carbocycles. The number of fused-ring (bicyclic) bond motifs is 1. The van der Waals surface area contributed by atoms with Crippen LogP contribution in [-0.4, -0.2) is 47.2 Å². The summed E-state index contributed by atoms with van der Waals surface area (Å²) in [6.45, 7) is 3.52. The molecule has 4 aliphatic heterocycles. The zero-order valence-electron chi connectivity index (χ0n) is 16.8. The van der Waals surface area contributed by atoms with E-state index in [1.165, 1.54) is 50.8 Å². The van der Waals surface area contributed by atoms with E-state index < -0.39 is 0 Å². The number of rotatable bonds is 4. The summed E-state index contributed by atoms with van der Waals surface area (Å²) in [7, 11) is 0. The van der Waals surface area contributed by atoms with Crippen molar-refractivity contribution in [2.75, 3.05) is 24.7 Å². The third-order valence-electron chi connectivity index (χ3n) is 5.15. The Hall–Kier alpha value is 0.960. The second-order valence-corrected chi connectivity index (χ2v) is 18.0. The smallest absolute Gasteiger partial charge is 0.302 e. The fourth-order valence-corrected chi connectivity index (χ4v) is 17.2. The largest absolute Gasteiger partial charge is 0.465 e. The lowest BCUT2D eigenvalue weighted by atomic mass is 9.88. The van der Waals surface area contributed by atoms with Crippen LogP contribution in [0.4, 0.5) is 0 Å². The van der Waals surface area contributed by atoms with E-state index in [0.717, 1.165) is 12.8 Å². The average molecular weight is 569 g/mol. The van der Waals surface area contributed by atoms with Crippen molar-refractivity contribution in [1.29, 1.82) is 0 Å². The summed E-state index contributed by atoms with van der Waals surface area (Å²) >= 11 is 15.7. The molecule has 5 rings (SSSR count). The Morgan fingerprint density at radius 3 is 1.58 bits per heavy atom. The number of carbonyl (C=O) groups excluding carboxylic acids is 2. The predicted molar refractivity (Wildman–Crippen MR) is 144 cm³/mol. The minimum absolute atomic E-state index is 0.278. The Labute approximate surface area is 216 Å². The molecule has 4 heterocycles. The molecule has 2 atom stereocenters. The van der Waals surface area contributed by atoms with Crippen LogP contribution in [0.2, 0.25) is 0 Å². The molecule has 1 aliphatic carbocycles. The molecule has 0 radical (unpaired) electrons. The van der Waals surface area contributed by atoms with Crippen molar-refractivity contribution >= 4 is 106 Å². The zero-order valence-corrected chi connectivity index (χ0v) is 23.3. The van der Waals surface area contributed by atoms with Crippen molar-refractivity contribution in [1.82, 2.24) is 0 Å². The molecule has 5 aliphatic rings. The van der Waals surface area contributed by atoms with Crippen LogP contribution in [0.1, 0.15) is 26.7 Å². The highest BCUT2D eigenvalue weighted by atomic mass is 32.3. The van der Waals surface area contributed by atoms with Crippen LogP contribution < -0.4 is 0 Å². The van der Waals surface area contributed by atoms with Crippen molar-refractivity contribution in [3.05, 3.63) is 25.4 Å². The maximum absolute atomic E-state index is 11.4. The lowest BCUT2D eigenvalue weighted by Crippen LogP contribution is -2.32. The lowest BCUT2D eigenvalue weighted by Gasteiger charge is -2.27. The third-order valence-corrected chi connectivity index (χ3v) is 17.7. The second kappa shape index (κ2) is 9.91. The first-order valence-corrected chi connectivity index (χ1v) is 16.7. The van der Waals surface area contributed by atoms with E-state index in [4.69, 9.17) is 9.47 Å². The number of esters is 2. The summed E-state index contributed by atoms with van der Waals surface area (Å²) in [4.78, 5) is 22.9. The second-order valence-electron chi connectivity index (χ2n) is 7.61. The Morgan fingerprint density at radius 2 is 1.16 bits per heavy atom. The highest BCUT2D eigenvalue weighted by Gasteiger charge is 2.51. The Kier molecular flexibility index (Phi) is 7.57. The van der Waals surface area contributed by atoms with Gasteiger partial charge in [0.05, 0.1) is 25.4 Å². The number of carbonyl (C=O) groups is 2. The average Bonchev–Trinajstić information content (AvgIpc) is 3.42. The topological polar surface area (TPSA) is 52.6 Å². The molecule has 0 aromatic carbocycles. The molecule has 0 aromatic heterocycles. The van der Waals surface area contributed by atoms with E-state index in [0.29, 0.717) is 23.7 Å². The van der Waals surface area contributed by atoms with Crippen molar-refractivity contribution in [2.24, 2.45) is 5.41 Å². The normalized spacial score (nSPS) is 29.1. The Morgan fingerprint density at radius 1 is 0.742 bits per heavy atom. The van der Waals surface area contributed by atoms with Gasteiger partial charge in [-0.15, -0.1) is 47.0 Å². The van der Waals surface area contributed by atoms with Gasteiger partial charge in [-0.1, -0.05) is 47.0 Å². The molecule has 0 unspecified atom stereocenters. The highest BCUT2D eigenvalue weighted by molar-refractivity contribution is 8.45. The fourth-order valence-electron chi connectivity index (χ4n) is 3.80. The van der Waals surface area contributed by atoms with Gasteiger partial charge in [0.2, 0.25) is 0 Å². The summed E-state index contributed by atoms with van der Waals surface area (Å²) in [5.41, 5.74) is -0.280. The number of hydrogen-bond donors (Lipinski definition) is 0. The minimum Gasteiger partial charge on any atom is -0.465 e. The van der Waals surface area contributed by atoms with E-state index in [9.17, 15) is 9.59 Å². The molecule has 0 bridgehead atoms. The van der Waals surface area contributed by atoms with Gasteiger partial charge < -0.3 is 9.47 Å². The maximum Gasteiger partial charge on any atom is 0.302 e. The number of ether oxygens (including phenoxy) is 2. The molecule has 0 N–H and O–H groups in total. The summed E-state index contributed by atoms with van der Waals surface area (Å²) in [5.74, 6) is 1.87. The van der Waals surface area contributed by atoms with E-state index in [2.05, 4.69) is 0 Å². The Bertz CT molecular complexity index is 843. The van der Waals surface area contributed by atoms with Gasteiger partial charge in [-0.2, -0.15) is 0 Å². The first kappa shape index (κ1) is 23.7. The van der Waals surface area contributed by atoms with E-state index in [1.54, 1.807) is 0 Å². The molecule has 0 saturated heterocycles. The summed E-state index contributed by atoms with van der Waals surface area (Å²) in [6, 6.07) is 0.